The summed E-state index contributed by atoms with van der Waals surface area (Å²) >= 11 is 11.9. The number of carbonyl (C=O) groups excluding carboxylic acids is 1. The number of alkyl halides is 2. The van der Waals surface area contributed by atoms with E-state index in [1.54, 1.807) is 31.4 Å². The van der Waals surface area contributed by atoms with Crippen LogP contribution in [-0.2, 0) is 9.53 Å². The predicted octanol–water partition coefficient (Wildman–Crippen LogP) is 2.76. The van der Waals surface area contributed by atoms with Crippen LogP contribution in [0.2, 0.25) is 0 Å². The van der Waals surface area contributed by atoms with Gasteiger partial charge in [-0.05, 0) is 17.7 Å². The van der Waals surface area contributed by atoms with Crippen LogP contribution in [0.5, 0.6) is 5.75 Å². The molecule has 1 aromatic rings. The topological polar surface area (TPSA) is 35.5 Å². The van der Waals surface area contributed by atoms with Crippen molar-refractivity contribution in [1.29, 1.82) is 0 Å². The molecule has 0 fully saturated rings. The van der Waals surface area contributed by atoms with Crippen LogP contribution in [0.1, 0.15) is 10.9 Å². The fourth-order valence-electron chi connectivity index (χ4n) is 1.19. The van der Waals surface area contributed by atoms with Gasteiger partial charge in [0.25, 0.3) is 0 Å². The maximum absolute atomic E-state index is 11.2. The minimum Gasteiger partial charge on any atom is -0.497 e. The van der Waals surface area contributed by atoms with Crippen molar-refractivity contribution in [2.75, 3.05) is 14.2 Å². The molecule has 0 aliphatic rings. The molecule has 0 amide bonds. The molecule has 0 N–H and O–H groups in total. The molecule has 88 valence electrons. The second-order valence-electron chi connectivity index (χ2n) is 3.10. The number of halogens is 2. The van der Waals surface area contributed by atoms with Gasteiger partial charge in [-0.2, -0.15) is 0 Å². The second kappa shape index (κ2) is 5.97. The third kappa shape index (κ3) is 3.03. The molecule has 1 rings (SSSR count). The predicted molar refractivity (Wildman–Crippen MR) is 63.2 cm³/mol. The molecule has 0 saturated carbocycles. The van der Waals surface area contributed by atoms with Crippen molar-refractivity contribution >= 4 is 29.2 Å². The number of hydrogen-bond donors (Lipinski definition) is 0. The van der Waals surface area contributed by atoms with Crippen LogP contribution in [0.4, 0.5) is 0 Å². The lowest BCUT2D eigenvalue weighted by atomic mass is 10.1. The number of benzene rings is 1. The quantitative estimate of drug-likeness (QED) is 0.619. The van der Waals surface area contributed by atoms with Gasteiger partial charge in [0, 0.05) is 0 Å². The lowest BCUT2D eigenvalue weighted by Gasteiger charge is -2.14. The molecule has 0 saturated heterocycles. The minimum absolute atomic E-state index is 0.544. The third-order valence-corrected chi connectivity index (χ3v) is 3.18. The SMILES string of the molecule is COC(=O)[C@@H](Cl)[C@@H](Cl)c1ccc(OC)cc1. The van der Waals surface area contributed by atoms with Gasteiger partial charge in [0.2, 0.25) is 0 Å². The summed E-state index contributed by atoms with van der Waals surface area (Å²) in [4.78, 5) is 11.2. The van der Waals surface area contributed by atoms with Crippen molar-refractivity contribution < 1.29 is 14.3 Å². The number of methoxy groups -OCH3 is 2. The zero-order valence-electron chi connectivity index (χ0n) is 8.94. The number of carbonyl (C=O) groups is 1. The Labute approximate surface area is 104 Å². The van der Waals surface area contributed by atoms with E-state index in [0.717, 1.165) is 11.3 Å². The molecular formula is C11H12Cl2O3. The van der Waals surface area contributed by atoms with Crippen molar-refractivity contribution in [1.82, 2.24) is 0 Å². The highest BCUT2D eigenvalue weighted by Gasteiger charge is 2.26. The van der Waals surface area contributed by atoms with Gasteiger partial charge in [-0.25, -0.2) is 0 Å². The Bertz CT molecular complexity index is 351. The molecule has 2 atom stereocenters. The van der Waals surface area contributed by atoms with E-state index in [2.05, 4.69) is 4.74 Å². The van der Waals surface area contributed by atoms with Crippen LogP contribution in [-0.4, -0.2) is 25.6 Å². The Balaban J connectivity index is 2.79. The molecule has 16 heavy (non-hydrogen) atoms. The number of hydrogen-bond acceptors (Lipinski definition) is 3. The first-order chi connectivity index (χ1) is 7.60. The number of esters is 1. The molecule has 1 aromatic carbocycles. The lowest BCUT2D eigenvalue weighted by Crippen LogP contribution is -2.21. The smallest absolute Gasteiger partial charge is 0.325 e. The van der Waals surface area contributed by atoms with E-state index in [9.17, 15) is 4.79 Å². The van der Waals surface area contributed by atoms with Crippen LogP contribution in [0, 0.1) is 0 Å². The summed E-state index contributed by atoms with van der Waals surface area (Å²) in [6.45, 7) is 0. The summed E-state index contributed by atoms with van der Waals surface area (Å²) in [6, 6.07) is 7.03. The van der Waals surface area contributed by atoms with Gasteiger partial charge in [0.15, 0.2) is 5.38 Å². The van der Waals surface area contributed by atoms with Crippen LogP contribution in [0.15, 0.2) is 24.3 Å². The molecule has 5 heteroatoms. The maximum Gasteiger partial charge on any atom is 0.325 e. The average Bonchev–Trinajstić information content (AvgIpc) is 2.36. The molecule has 0 unspecified atom stereocenters. The molecule has 0 aliphatic carbocycles. The Kier molecular flexibility index (Phi) is 4.90. The monoisotopic (exact) mass is 262 g/mol. The molecule has 0 aliphatic heterocycles. The van der Waals surface area contributed by atoms with E-state index in [0.29, 0.717) is 0 Å². The zero-order valence-corrected chi connectivity index (χ0v) is 10.5. The van der Waals surface area contributed by atoms with Gasteiger partial charge in [0.1, 0.15) is 5.75 Å². The van der Waals surface area contributed by atoms with Gasteiger partial charge >= 0.3 is 5.97 Å². The molecule has 0 heterocycles. The molecule has 0 radical (unpaired) electrons. The van der Waals surface area contributed by atoms with Crippen molar-refractivity contribution in [3.63, 3.8) is 0 Å². The van der Waals surface area contributed by atoms with E-state index >= 15 is 0 Å². The van der Waals surface area contributed by atoms with E-state index in [1.165, 1.54) is 7.11 Å². The van der Waals surface area contributed by atoms with Crippen molar-refractivity contribution in [2.45, 2.75) is 10.8 Å². The van der Waals surface area contributed by atoms with Crippen LogP contribution in [0.3, 0.4) is 0 Å². The molecular weight excluding hydrogens is 251 g/mol. The Hall–Kier alpha value is -0.930. The highest BCUT2D eigenvalue weighted by molar-refractivity contribution is 6.36. The Morgan fingerprint density at radius 1 is 1.19 bits per heavy atom. The maximum atomic E-state index is 11.2. The number of rotatable bonds is 4. The van der Waals surface area contributed by atoms with Gasteiger partial charge < -0.3 is 9.47 Å². The highest BCUT2D eigenvalue weighted by atomic mass is 35.5. The van der Waals surface area contributed by atoms with Crippen molar-refractivity contribution in [2.24, 2.45) is 0 Å². The zero-order chi connectivity index (χ0) is 12.1. The minimum atomic E-state index is -0.903. The Morgan fingerprint density at radius 3 is 2.19 bits per heavy atom. The molecule has 0 bridgehead atoms. The van der Waals surface area contributed by atoms with Gasteiger partial charge in [-0.15, -0.1) is 23.2 Å². The fourth-order valence-corrected chi connectivity index (χ4v) is 1.67. The standard InChI is InChI=1S/C11H12Cl2O3/c1-15-8-5-3-7(4-6-8)9(12)10(13)11(14)16-2/h3-6,9-10H,1-2H3/t9-,10-/m0/s1. The van der Waals surface area contributed by atoms with E-state index < -0.39 is 16.7 Å². The highest BCUT2D eigenvalue weighted by Crippen LogP contribution is 2.29. The summed E-state index contributed by atoms with van der Waals surface area (Å²) < 4.78 is 9.53. The van der Waals surface area contributed by atoms with Crippen LogP contribution < -0.4 is 4.74 Å². The first-order valence-corrected chi connectivity index (χ1v) is 5.47. The Morgan fingerprint density at radius 2 is 1.75 bits per heavy atom. The second-order valence-corrected chi connectivity index (χ2v) is 4.04. The molecule has 0 aromatic heterocycles. The summed E-state index contributed by atoms with van der Waals surface area (Å²) in [5, 5.41) is -1.53. The van der Waals surface area contributed by atoms with Crippen molar-refractivity contribution in [3.05, 3.63) is 29.8 Å². The number of ether oxygens (including phenoxy) is 2. The fraction of sp³-hybridized carbons (Fsp3) is 0.364. The summed E-state index contributed by atoms with van der Waals surface area (Å²) in [5.74, 6) is 0.175. The first kappa shape index (κ1) is 13.1. The molecule has 0 spiro atoms. The average molecular weight is 263 g/mol. The summed E-state index contributed by atoms with van der Waals surface area (Å²) in [7, 11) is 2.85. The van der Waals surface area contributed by atoms with E-state index in [-0.39, 0.29) is 0 Å². The summed E-state index contributed by atoms with van der Waals surface area (Å²) in [6.07, 6.45) is 0. The van der Waals surface area contributed by atoms with Gasteiger partial charge in [-0.1, -0.05) is 12.1 Å². The van der Waals surface area contributed by atoms with Gasteiger partial charge in [0.05, 0.1) is 19.6 Å². The largest absolute Gasteiger partial charge is 0.497 e. The lowest BCUT2D eigenvalue weighted by molar-refractivity contribution is -0.140. The third-order valence-electron chi connectivity index (χ3n) is 2.12. The van der Waals surface area contributed by atoms with Gasteiger partial charge in [-0.3, -0.25) is 4.79 Å². The van der Waals surface area contributed by atoms with Crippen molar-refractivity contribution in [3.8, 4) is 5.75 Å². The van der Waals surface area contributed by atoms with Crippen LogP contribution in [0.25, 0.3) is 0 Å². The molecule has 3 nitrogen and oxygen atoms in total. The normalized spacial score (nSPS) is 14.0. The summed E-state index contributed by atoms with van der Waals surface area (Å²) in [5.41, 5.74) is 0.743. The van der Waals surface area contributed by atoms with Crippen LogP contribution >= 0.6 is 23.2 Å². The van der Waals surface area contributed by atoms with E-state index in [4.69, 9.17) is 27.9 Å². The first-order valence-electron chi connectivity index (χ1n) is 4.60. The van der Waals surface area contributed by atoms with E-state index in [1.807, 2.05) is 0 Å².